The van der Waals surface area contributed by atoms with Crippen molar-refractivity contribution in [3.05, 3.63) is 131 Å². The molecular weight excluding hydrogens is 530 g/mol. The third-order valence-corrected chi connectivity index (χ3v) is 7.75. The monoisotopic (exact) mass is 563 g/mol. The van der Waals surface area contributed by atoms with Crippen LogP contribution in [0.4, 0.5) is 11.4 Å². The Bertz CT molecular complexity index is 1600. The number of nitrogens with one attached hydrogen (secondary N) is 3. The predicted molar refractivity (Wildman–Crippen MR) is 168 cm³/mol. The maximum atomic E-state index is 13.4. The van der Waals surface area contributed by atoms with Crippen LogP contribution in [0.3, 0.4) is 0 Å². The molecule has 0 heterocycles. The van der Waals surface area contributed by atoms with Crippen molar-refractivity contribution in [1.82, 2.24) is 5.32 Å². The van der Waals surface area contributed by atoms with Crippen molar-refractivity contribution in [2.75, 3.05) is 10.6 Å². The van der Waals surface area contributed by atoms with Gasteiger partial charge in [-0.1, -0.05) is 60.7 Å². The van der Waals surface area contributed by atoms with Gasteiger partial charge in [0.25, 0.3) is 11.8 Å². The highest BCUT2D eigenvalue weighted by Gasteiger charge is 2.18. The molecule has 1 atom stereocenters. The molecule has 6 nitrogen and oxygen atoms in total. The largest absolute Gasteiger partial charge is 0.325 e. The van der Waals surface area contributed by atoms with Gasteiger partial charge in [0.2, 0.25) is 5.91 Å². The van der Waals surface area contributed by atoms with E-state index in [9.17, 15) is 14.4 Å². The van der Waals surface area contributed by atoms with Crippen molar-refractivity contribution >= 4 is 46.9 Å². The number of anilines is 2. The van der Waals surface area contributed by atoms with Gasteiger partial charge in [-0.2, -0.15) is 0 Å². The summed E-state index contributed by atoms with van der Waals surface area (Å²) >= 11 is 1.40. The summed E-state index contributed by atoms with van der Waals surface area (Å²) in [5.74, 6) is -0.945. The van der Waals surface area contributed by atoms with Crippen LogP contribution in [0, 0.1) is 20.8 Å². The van der Waals surface area contributed by atoms with Gasteiger partial charge in [-0.15, -0.1) is 11.8 Å². The van der Waals surface area contributed by atoms with E-state index in [1.165, 1.54) is 11.8 Å². The van der Waals surface area contributed by atoms with Gasteiger partial charge >= 0.3 is 0 Å². The van der Waals surface area contributed by atoms with Crippen LogP contribution in [0.1, 0.15) is 39.5 Å². The lowest BCUT2D eigenvalue weighted by molar-refractivity contribution is -0.115. The topological polar surface area (TPSA) is 87.3 Å². The van der Waals surface area contributed by atoms with E-state index in [4.69, 9.17) is 0 Å². The van der Waals surface area contributed by atoms with Crippen molar-refractivity contribution in [1.29, 1.82) is 0 Å². The van der Waals surface area contributed by atoms with E-state index in [-0.39, 0.29) is 22.8 Å². The first-order chi connectivity index (χ1) is 19.7. The van der Waals surface area contributed by atoms with Gasteiger partial charge in [0, 0.05) is 21.8 Å². The number of hydrogen-bond donors (Lipinski definition) is 3. The summed E-state index contributed by atoms with van der Waals surface area (Å²) in [5, 5.41) is 8.32. The molecule has 0 spiro atoms. The van der Waals surface area contributed by atoms with Crippen LogP contribution in [-0.2, 0) is 9.59 Å². The van der Waals surface area contributed by atoms with Crippen LogP contribution in [0.15, 0.2) is 108 Å². The number of benzene rings is 4. The Morgan fingerprint density at radius 1 is 0.756 bits per heavy atom. The van der Waals surface area contributed by atoms with Crippen molar-refractivity contribution in [3.8, 4) is 0 Å². The molecule has 4 aromatic rings. The summed E-state index contributed by atoms with van der Waals surface area (Å²) in [6, 6.07) is 29.5. The summed E-state index contributed by atoms with van der Waals surface area (Å²) in [7, 11) is 0. The number of aryl methyl sites for hydroxylation is 2. The zero-order valence-electron chi connectivity index (χ0n) is 23.5. The lowest BCUT2D eigenvalue weighted by Crippen LogP contribution is -2.30. The third kappa shape index (κ3) is 7.96. The Morgan fingerprint density at radius 3 is 2.20 bits per heavy atom. The fraction of sp³-hybridized carbons (Fsp3) is 0.147. The third-order valence-electron chi connectivity index (χ3n) is 6.65. The second-order valence-electron chi connectivity index (χ2n) is 9.71. The highest BCUT2D eigenvalue weighted by atomic mass is 32.2. The lowest BCUT2D eigenvalue weighted by Gasteiger charge is -2.15. The van der Waals surface area contributed by atoms with E-state index < -0.39 is 5.91 Å². The second kappa shape index (κ2) is 13.6. The molecule has 4 rings (SSSR count). The smallest absolute Gasteiger partial charge is 0.272 e. The van der Waals surface area contributed by atoms with Crippen LogP contribution < -0.4 is 16.0 Å². The van der Waals surface area contributed by atoms with Gasteiger partial charge in [-0.05, 0) is 92.4 Å². The normalized spacial score (nSPS) is 11.9. The molecule has 0 aliphatic carbocycles. The molecule has 208 valence electrons. The molecule has 4 aromatic carbocycles. The number of hydrogen-bond acceptors (Lipinski definition) is 4. The van der Waals surface area contributed by atoms with Gasteiger partial charge in [0.05, 0.1) is 5.25 Å². The average molecular weight is 564 g/mol. The predicted octanol–water partition coefficient (Wildman–Crippen LogP) is 7.14. The van der Waals surface area contributed by atoms with Crippen molar-refractivity contribution < 1.29 is 14.4 Å². The Hall–Kier alpha value is -4.62. The van der Waals surface area contributed by atoms with Crippen molar-refractivity contribution in [2.45, 2.75) is 37.8 Å². The number of carbonyl (C=O) groups excluding carboxylic acids is 3. The highest BCUT2D eigenvalue weighted by Crippen LogP contribution is 2.28. The van der Waals surface area contributed by atoms with Gasteiger partial charge < -0.3 is 16.0 Å². The summed E-state index contributed by atoms with van der Waals surface area (Å²) in [6.45, 7) is 7.79. The van der Waals surface area contributed by atoms with Gasteiger partial charge in [0.1, 0.15) is 5.70 Å². The molecule has 1 unspecified atom stereocenters. The molecule has 0 saturated carbocycles. The van der Waals surface area contributed by atoms with E-state index >= 15 is 0 Å². The molecule has 0 aliphatic heterocycles. The number of rotatable bonds is 9. The summed E-state index contributed by atoms with van der Waals surface area (Å²) in [4.78, 5) is 40.1. The van der Waals surface area contributed by atoms with Gasteiger partial charge in [0.15, 0.2) is 0 Å². The summed E-state index contributed by atoms with van der Waals surface area (Å²) in [6.07, 6.45) is 1.67. The first kappa shape index (κ1) is 29.4. The van der Waals surface area contributed by atoms with E-state index in [1.807, 2.05) is 94.4 Å². The molecule has 3 N–H and O–H groups in total. The lowest BCUT2D eigenvalue weighted by atomic mass is 10.1. The number of thioether (sulfide) groups is 1. The fourth-order valence-corrected chi connectivity index (χ4v) is 5.00. The standard InChI is InChI=1S/C34H33N3O3S/c1-22-13-10-19-30(24(22)3)36-32(38)25(4)41-29-18-11-17-28(21-29)35-34(40)31(20-27-16-9-8-12-23(27)2)37-33(39)26-14-6-5-7-15-26/h5-21,25H,1-4H3,(H,35,40)(H,36,38)(H,37,39)/b31-20-. The molecule has 41 heavy (non-hydrogen) atoms. The van der Waals surface area contributed by atoms with Crippen LogP contribution in [0.5, 0.6) is 0 Å². The van der Waals surface area contributed by atoms with E-state index in [0.717, 1.165) is 32.8 Å². The fourth-order valence-electron chi connectivity index (χ4n) is 4.07. The van der Waals surface area contributed by atoms with Crippen molar-refractivity contribution in [2.24, 2.45) is 0 Å². The average Bonchev–Trinajstić information content (AvgIpc) is 2.96. The SMILES string of the molecule is Cc1ccccc1/C=C(\NC(=O)c1ccccc1)C(=O)Nc1cccc(SC(C)C(=O)Nc2cccc(C)c2C)c1. The Kier molecular flexibility index (Phi) is 9.77. The van der Waals surface area contributed by atoms with Crippen LogP contribution >= 0.6 is 11.8 Å². The zero-order chi connectivity index (χ0) is 29.4. The van der Waals surface area contributed by atoms with E-state index in [0.29, 0.717) is 11.3 Å². The molecule has 7 heteroatoms. The Labute approximate surface area is 245 Å². The summed E-state index contributed by atoms with van der Waals surface area (Å²) < 4.78 is 0. The highest BCUT2D eigenvalue weighted by molar-refractivity contribution is 8.00. The molecule has 0 fully saturated rings. The minimum atomic E-state index is -0.458. The van der Waals surface area contributed by atoms with Crippen LogP contribution in [-0.4, -0.2) is 23.0 Å². The number of carbonyl (C=O) groups is 3. The Morgan fingerprint density at radius 2 is 1.44 bits per heavy atom. The zero-order valence-corrected chi connectivity index (χ0v) is 24.3. The van der Waals surface area contributed by atoms with Crippen molar-refractivity contribution in [3.63, 3.8) is 0 Å². The van der Waals surface area contributed by atoms with E-state index in [2.05, 4.69) is 16.0 Å². The van der Waals surface area contributed by atoms with Crippen LogP contribution in [0.25, 0.3) is 6.08 Å². The summed E-state index contributed by atoms with van der Waals surface area (Å²) in [5.41, 5.74) is 5.85. The Balaban J connectivity index is 1.49. The minimum absolute atomic E-state index is 0.106. The number of amides is 3. The molecule has 3 amide bonds. The molecular formula is C34H33N3O3S. The van der Waals surface area contributed by atoms with Gasteiger partial charge in [-0.25, -0.2) is 0 Å². The molecule has 0 aliphatic rings. The maximum Gasteiger partial charge on any atom is 0.272 e. The first-order valence-corrected chi connectivity index (χ1v) is 14.2. The molecule has 0 aromatic heterocycles. The molecule has 0 bridgehead atoms. The second-order valence-corrected chi connectivity index (χ2v) is 11.1. The van der Waals surface area contributed by atoms with Crippen LogP contribution in [0.2, 0.25) is 0 Å². The van der Waals surface area contributed by atoms with Gasteiger partial charge in [-0.3, -0.25) is 14.4 Å². The molecule has 0 saturated heterocycles. The minimum Gasteiger partial charge on any atom is -0.325 e. The van der Waals surface area contributed by atoms with E-state index in [1.54, 1.807) is 36.4 Å². The quantitative estimate of drug-likeness (QED) is 0.149. The molecule has 0 radical (unpaired) electrons. The first-order valence-electron chi connectivity index (χ1n) is 13.3. The maximum absolute atomic E-state index is 13.4.